The minimum absolute atomic E-state index is 0. The van der Waals surface area contributed by atoms with Crippen molar-refractivity contribution in [2.45, 2.75) is 16.5 Å². The smallest absolute Gasteiger partial charge is 0.741 e. The Balaban J connectivity index is -0.000000175. The van der Waals surface area contributed by atoms with Crippen LogP contribution in [0.25, 0.3) is 0 Å². The van der Waals surface area contributed by atoms with Crippen molar-refractivity contribution in [3.63, 3.8) is 0 Å². The Kier molecular flexibility index (Phi) is 33.9. The van der Waals surface area contributed by atoms with Crippen LogP contribution in [-0.2, 0) is 97.5 Å². The van der Waals surface area contributed by atoms with E-state index in [9.17, 15) is 39.5 Å². The molecule has 1 rings (SSSR count). The van der Waals surface area contributed by atoms with E-state index in [-0.39, 0.29) is 67.1 Å². The molecule has 0 aliphatic carbocycles. The van der Waals surface area contributed by atoms with Crippen LogP contribution in [0.4, 0.5) is 57.4 Å². The van der Waals surface area contributed by atoms with Crippen LogP contribution in [0.5, 0.6) is 0 Å². The van der Waals surface area contributed by atoms with E-state index in [0.29, 0.717) is 57.1 Å². The molecule has 0 saturated carbocycles. The molecule has 0 bridgehead atoms. The normalized spacial score (nSPS) is 11.1. The van der Waals surface area contributed by atoms with Gasteiger partial charge in [0.25, 0.3) is 0 Å². The van der Waals surface area contributed by atoms with Crippen LogP contribution in [0.1, 0.15) is 0 Å². The maximum absolute atomic E-state index is 10.7. The molecule has 0 saturated heterocycles. The molecule has 0 spiro atoms. The number of alkyl halides is 9. The first-order valence-corrected chi connectivity index (χ1v) is 16.8. The molecule has 30 heteroatoms. The van der Waals surface area contributed by atoms with Crippen LogP contribution in [0.3, 0.4) is 0 Å². The van der Waals surface area contributed by atoms with Crippen LogP contribution >= 0.6 is 0 Å². The van der Waals surface area contributed by atoms with Gasteiger partial charge in [-0.3, -0.25) is 0 Å². The van der Waals surface area contributed by atoms with Crippen molar-refractivity contribution in [2.24, 2.45) is 0 Å². The van der Waals surface area contributed by atoms with E-state index in [2.05, 4.69) is 54.4 Å². The zero-order valence-electron chi connectivity index (χ0n) is 26.8. The van der Waals surface area contributed by atoms with Crippen LogP contribution in [0.2, 0.25) is 0 Å². The number of rotatable bonds is 15. The minimum atomic E-state index is -6.09. The average Bonchev–Trinajstić information content (AvgIpc) is 2.94. The van der Waals surface area contributed by atoms with Gasteiger partial charge in [-0.05, 0) is 0 Å². The maximum atomic E-state index is 10.7. The van der Waals surface area contributed by atoms with Crippen molar-refractivity contribution in [1.29, 1.82) is 0 Å². The molecule has 1 heterocycles. The van der Waals surface area contributed by atoms with Crippen molar-refractivity contribution in [1.82, 2.24) is 15.0 Å². The molecule has 0 aromatic carbocycles. The van der Waals surface area contributed by atoms with Crippen LogP contribution < -0.4 is 14.7 Å². The van der Waals surface area contributed by atoms with Gasteiger partial charge >= 0.3 is 83.7 Å². The summed E-state index contributed by atoms with van der Waals surface area (Å²) in [5, 5.41) is 0. The van der Waals surface area contributed by atoms with E-state index in [0.717, 1.165) is 0 Å². The second-order valence-electron chi connectivity index (χ2n) is 8.38. The van der Waals surface area contributed by atoms with Crippen LogP contribution in [0.15, 0.2) is 75.9 Å². The minimum Gasteiger partial charge on any atom is -0.741 e. The van der Waals surface area contributed by atoms with Gasteiger partial charge in [-0.15, -0.1) is 39.5 Å². The fourth-order valence-corrected chi connectivity index (χ4v) is 2.42. The largest absolute Gasteiger partial charge is 1.00 e. The van der Waals surface area contributed by atoms with Crippen LogP contribution in [-0.4, -0.2) is 110 Å². The summed E-state index contributed by atoms with van der Waals surface area (Å²) in [7, 11) is -18.3. The van der Waals surface area contributed by atoms with E-state index >= 15 is 0 Å². The van der Waals surface area contributed by atoms with E-state index in [4.69, 9.17) is 38.9 Å². The first-order valence-electron chi connectivity index (χ1n) is 12.6. The van der Waals surface area contributed by atoms with Gasteiger partial charge in [-0.2, -0.15) is 54.5 Å². The van der Waals surface area contributed by atoms with Crippen molar-refractivity contribution in [2.75, 3.05) is 54.0 Å². The average molecular weight is 1140 g/mol. The first kappa shape index (κ1) is 64.1. The number of halogens is 9. The Hall–Kier alpha value is -1.83. The fourth-order valence-electron chi connectivity index (χ4n) is 2.42. The number of nitrogens with zero attached hydrogens (tertiary/aromatic N) is 6. The molecule has 0 amide bonds. The van der Waals surface area contributed by atoms with Crippen molar-refractivity contribution in [3.05, 3.63) is 75.9 Å². The van der Waals surface area contributed by atoms with E-state index in [1.165, 1.54) is 0 Å². The predicted octanol–water partition coefficient (Wildman–Crippen LogP) is 3.55. The monoisotopic (exact) mass is 1130 g/mol. The molecule has 0 aliphatic rings. The predicted molar refractivity (Wildman–Crippen MR) is 165 cm³/mol. The zero-order valence-corrected chi connectivity index (χ0v) is 33.7. The molecule has 0 atom stereocenters. The van der Waals surface area contributed by atoms with Gasteiger partial charge in [0.05, 0.1) is 0 Å². The SMILES string of the molecule is C=CCN(CC=C)c1nc(N(CC=C)CC=C)nc(N(CC=C)CC=C)n1.O=S(=O)([O-])C(F)(F)F.O=S(=O)([O-])C(F)(F)F.O=S(=O)([O-])C(F)(F)F.[Ag+].[Ag+].[Ag+]. The van der Waals surface area contributed by atoms with Gasteiger partial charge in [0.2, 0.25) is 17.8 Å². The summed E-state index contributed by atoms with van der Waals surface area (Å²) >= 11 is 0. The molecule has 0 radical (unpaired) electrons. The Morgan fingerprint density at radius 1 is 0.426 bits per heavy atom. The third-order valence-corrected chi connectivity index (χ3v) is 6.10. The molecule has 324 valence electrons. The summed E-state index contributed by atoms with van der Waals surface area (Å²) in [5.74, 6) is 1.68. The maximum Gasteiger partial charge on any atom is 1.00 e. The molecule has 0 aliphatic heterocycles. The Labute approximate surface area is 352 Å². The van der Waals surface area contributed by atoms with E-state index in [1.54, 1.807) is 0 Å². The summed E-state index contributed by atoms with van der Waals surface area (Å²) in [5.41, 5.74) is -16.9. The van der Waals surface area contributed by atoms with Gasteiger partial charge in [0.1, 0.15) is 0 Å². The Morgan fingerprint density at radius 2 is 0.537 bits per heavy atom. The van der Waals surface area contributed by atoms with Gasteiger partial charge in [-0.1, -0.05) is 36.5 Å². The molecular formula is C24H30Ag3F9N6O9S3. The quantitative estimate of drug-likeness (QED) is 0.0806. The van der Waals surface area contributed by atoms with Gasteiger partial charge in [0.15, 0.2) is 30.4 Å². The molecular weight excluding hydrogens is 1110 g/mol. The van der Waals surface area contributed by atoms with Gasteiger partial charge in [0, 0.05) is 39.3 Å². The third-order valence-electron chi connectivity index (χ3n) is 4.40. The standard InChI is InChI=1S/C21H30N6.3CHF3O3S.3Ag/c1-7-13-25(14-8-2)19-22-20(26(15-9-3)16-10-4)24-21(23-19)27(17-11-5)18-12-6;3*2-1(3,4)8(5,6)7;;;/h7-12H,1-6,13-18H2;3*(H,5,6,7);;;/q;;;;3*+1/p-3. The number of anilines is 3. The van der Waals surface area contributed by atoms with Gasteiger partial charge in [-0.25, -0.2) is 25.3 Å². The number of hydrogen-bond acceptors (Lipinski definition) is 15. The molecule has 54 heavy (non-hydrogen) atoms. The molecule has 15 nitrogen and oxygen atoms in total. The van der Waals surface area contributed by atoms with E-state index < -0.39 is 46.9 Å². The summed E-state index contributed by atoms with van der Waals surface area (Å²) in [4.78, 5) is 20.0. The number of hydrogen-bond donors (Lipinski definition) is 0. The van der Waals surface area contributed by atoms with Crippen molar-refractivity contribution in [3.8, 4) is 0 Å². The van der Waals surface area contributed by atoms with Gasteiger partial charge < -0.3 is 28.4 Å². The fraction of sp³-hybridized carbons (Fsp3) is 0.375. The van der Waals surface area contributed by atoms with Crippen LogP contribution in [0, 0.1) is 0 Å². The third kappa shape index (κ3) is 26.9. The zero-order chi connectivity index (χ0) is 41.1. The molecule has 0 unspecified atom stereocenters. The topological polar surface area (TPSA) is 220 Å². The molecule has 0 fully saturated rings. The Morgan fingerprint density at radius 3 is 0.611 bits per heavy atom. The summed E-state index contributed by atoms with van der Waals surface area (Å²) < 4.78 is 177. The molecule has 0 N–H and O–H groups in total. The second-order valence-corrected chi connectivity index (χ2v) is 12.5. The Bertz CT molecular complexity index is 1420. The summed E-state index contributed by atoms with van der Waals surface area (Å²) in [6.45, 7) is 26.5. The molecule has 1 aromatic rings. The second kappa shape index (κ2) is 28.5. The number of aromatic nitrogens is 3. The molecule has 1 aromatic heterocycles. The van der Waals surface area contributed by atoms with Crippen molar-refractivity contribution < 1.29 is 146 Å². The summed E-state index contributed by atoms with van der Waals surface area (Å²) in [6.07, 6.45) is 10.9. The van der Waals surface area contributed by atoms with Crippen molar-refractivity contribution >= 4 is 48.2 Å². The van der Waals surface area contributed by atoms with E-state index in [1.807, 2.05) is 51.2 Å². The first-order chi connectivity index (χ1) is 22.9. The summed E-state index contributed by atoms with van der Waals surface area (Å²) in [6, 6.07) is 0.